The maximum atomic E-state index is 13.0. The molecular weight excluding hydrogens is 405 g/mol. The SMILES string of the molecule is C#Cc1cc(CNC(=O)/C=C/c2ccc(C(F)(F)F)nc2N(C)CCC)cc(C)c1N. The van der Waals surface area contributed by atoms with Crippen LogP contribution in [-0.2, 0) is 17.5 Å². The van der Waals surface area contributed by atoms with Gasteiger partial charge in [-0.25, -0.2) is 4.98 Å². The third kappa shape index (κ3) is 6.25. The summed E-state index contributed by atoms with van der Waals surface area (Å²) in [6.07, 6.45) is 4.35. The van der Waals surface area contributed by atoms with Crippen LogP contribution in [-0.4, -0.2) is 24.5 Å². The highest BCUT2D eigenvalue weighted by atomic mass is 19.4. The maximum absolute atomic E-state index is 13.0. The molecule has 0 radical (unpaired) electrons. The van der Waals surface area contributed by atoms with Crippen molar-refractivity contribution in [1.82, 2.24) is 10.3 Å². The molecule has 31 heavy (non-hydrogen) atoms. The summed E-state index contributed by atoms with van der Waals surface area (Å²) in [4.78, 5) is 17.6. The summed E-state index contributed by atoms with van der Waals surface area (Å²) in [6.45, 7) is 4.49. The number of carbonyl (C=O) groups is 1. The minimum absolute atomic E-state index is 0.161. The molecule has 164 valence electrons. The van der Waals surface area contributed by atoms with Crippen molar-refractivity contribution in [3.63, 3.8) is 0 Å². The van der Waals surface area contributed by atoms with Gasteiger partial charge in [0.15, 0.2) is 0 Å². The number of nitrogens with zero attached hydrogens (tertiary/aromatic N) is 2. The molecule has 2 rings (SSSR count). The van der Waals surface area contributed by atoms with Gasteiger partial charge in [0, 0.05) is 37.3 Å². The van der Waals surface area contributed by atoms with Crippen LogP contribution in [0.25, 0.3) is 6.08 Å². The molecule has 0 aliphatic rings. The van der Waals surface area contributed by atoms with Gasteiger partial charge in [-0.15, -0.1) is 6.42 Å². The van der Waals surface area contributed by atoms with Crippen molar-refractivity contribution >= 4 is 23.5 Å². The summed E-state index contributed by atoms with van der Waals surface area (Å²) in [5, 5.41) is 2.73. The van der Waals surface area contributed by atoms with Crippen molar-refractivity contribution in [2.45, 2.75) is 33.0 Å². The minimum Gasteiger partial charge on any atom is -0.398 e. The van der Waals surface area contributed by atoms with E-state index in [1.54, 1.807) is 18.0 Å². The summed E-state index contributed by atoms with van der Waals surface area (Å²) in [7, 11) is 1.66. The van der Waals surface area contributed by atoms with E-state index in [1.807, 2.05) is 19.9 Å². The van der Waals surface area contributed by atoms with E-state index in [2.05, 4.69) is 16.2 Å². The van der Waals surface area contributed by atoms with Crippen molar-refractivity contribution in [3.05, 3.63) is 58.3 Å². The number of halogens is 3. The number of nitrogens with two attached hydrogens (primary N) is 1. The van der Waals surface area contributed by atoms with Gasteiger partial charge in [0.2, 0.25) is 5.91 Å². The van der Waals surface area contributed by atoms with Gasteiger partial charge in [-0.2, -0.15) is 13.2 Å². The van der Waals surface area contributed by atoms with Gasteiger partial charge < -0.3 is 16.0 Å². The number of amides is 1. The number of pyridine rings is 1. The maximum Gasteiger partial charge on any atom is 0.433 e. The zero-order valence-corrected chi connectivity index (χ0v) is 17.7. The van der Waals surface area contributed by atoms with E-state index in [-0.39, 0.29) is 12.4 Å². The Morgan fingerprint density at radius 1 is 1.35 bits per heavy atom. The number of rotatable bonds is 7. The lowest BCUT2D eigenvalue weighted by Crippen LogP contribution is -2.22. The Balaban J connectivity index is 2.18. The molecule has 0 atom stereocenters. The predicted octanol–water partition coefficient (Wildman–Crippen LogP) is 4.15. The fourth-order valence-corrected chi connectivity index (χ4v) is 3.00. The minimum atomic E-state index is -4.55. The van der Waals surface area contributed by atoms with Gasteiger partial charge in [-0.1, -0.05) is 18.9 Å². The molecule has 1 aromatic heterocycles. The van der Waals surface area contributed by atoms with Crippen molar-refractivity contribution in [1.29, 1.82) is 0 Å². The van der Waals surface area contributed by atoms with Crippen LogP contribution in [0.1, 0.15) is 41.3 Å². The zero-order chi connectivity index (χ0) is 23.2. The molecule has 0 spiro atoms. The van der Waals surface area contributed by atoms with Crippen LogP contribution in [0.3, 0.4) is 0 Å². The highest BCUT2D eigenvalue weighted by Gasteiger charge is 2.33. The normalized spacial score (nSPS) is 11.4. The Morgan fingerprint density at radius 3 is 2.68 bits per heavy atom. The molecule has 0 aliphatic carbocycles. The number of anilines is 2. The molecule has 3 N–H and O–H groups in total. The Labute approximate surface area is 180 Å². The first kappa shape index (κ1) is 23.8. The van der Waals surface area contributed by atoms with Crippen LogP contribution in [0.5, 0.6) is 0 Å². The number of aryl methyl sites for hydroxylation is 1. The topological polar surface area (TPSA) is 71.2 Å². The Hall–Kier alpha value is -3.47. The number of hydrogen-bond acceptors (Lipinski definition) is 4. The van der Waals surface area contributed by atoms with E-state index in [9.17, 15) is 18.0 Å². The zero-order valence-electron chi connectivity index (χ0n) is 17.7. The highest BCUT2D eigenvalue weighted by molar-refractivity contribution is 5.92. The van der Waals surface area contributed by atoms with E-state index in [1.165, 1.54) is 18.2 Å². The van der Waals surface area contributed by atoms with Gasteiger partial charge in [-0.05, 0) is 48.7 Å². The van der Waals surface area contributed by atoms with Gasteiger partial charge in [0.1, 0.15) is 11.5 Å². The molecule has 0 unspecified atom stereocenters. The number of carbonyl (C=O) groups excluding carboxylic acids is 1. The Kier molecular flexibility index (Phi) is 7.70. The van der Waals surface area contributed by atoms with E-state index in [0.29, 0.717) is 23.4 Å². The average Bonchev–Trinajstić information content (AvgIpc) is 2.72. The van der Waals surface area contributed by atoms with E-state index in [4.69, 9.17) is 12.2 Å². The molecule has 1 aromatic carbocycles. The second kappa shape index (κ2) is 10.0. The monoisotopic (exact) mass is 430 g/mol. The van der Waals surface area contributed by atoms with Crippen LogP contribution >= 0.6 is 0 Å². The second-order valence-electron chi connectivity index (χ2n) is 7.10. The number of benzene rings is 1. The van der Waals surface area contributed by atoms with E-state index in [0.717, 1.165) is 23.6 Å². The molecular formula is C23H25F3N4O. The standard InChI is InChI=1S/C23H25F3N4O/c1-5-11-30(4)22-18(7-9-19(29-22)23(24,25)26)8-10-20(31)28-14-16-12-15(3)21(27)17(6-2)13-16/h2,7-10,12-13H,5,11,14,27H2,1,3-4H3,(H,28,31)/b10-8+. The number of terminal acetylenes is 1. The second-order valence-corrected chi connectivity index (χ2v) is 7.10. The Morgan fingerprint density at radius 2 is 2.06 bits per heavy atom. The first-order valence-electron chi connectivity index (χ1n) is 9.67. The summed E-state index contributed by atoms with van der Waals surface area (Å²) >= 11 is 0. The van der Waals surface area contributed by atoms with Crippen LogP contribution in [0.4, 0.5) is 24.7 Å². The van der Waals surface area contributed by atoms with Crippen molar-refractivity contribution in [3.8, 4) is 12.3 Å². The number of nitrogens with one attached hydrogen (secondary N) is 1. The van der Waals surface area contributed by atoms with Crippen LogP contribution in [0, 0.1) is 19.3 Å². The first-order chi connectivity index (χ1) is 14.6. The molecule has 1 heterocycles. The van der Waals surface area contributed by atoms with Crippen molar-refractivity contribution in [2.24, 2.45) is 0 Å². The van der Waals surface area contributed by atoms with Crippen molar-refractivity contribution in [2.75, 3.05) is 24.2 Å². The molecule has 0 bridgehead atoms. The fraction of sp³-hybridized carbons (Fsp3) is 0.304. The molecule has 0 fully saturated rings. The highest BCUT2D eigenvalue weighted by Crippen LogP contribution is 2.30. The third-order valence-electron chi connectivity index (χ3n) is 4.60. The number of aromatic nitrogens is 1. The smallest absolute Gasteiger partial charge is 0.398 e. The first-order valence-corrected chi connectivity index (χ1v) is 9.67. The summed E-state index contributed by atoms with van der Waals surface area (Å²) in [6, 6.07) is 5.77. The molecule has 8 heteroatoms. The van der Waals surface area contributed by atoms with Crippen LogP contribution < -0.4 is 16.0 Å². The number of hydrogen-bond donors (Lipinski definition) is 2. The molecule has 0 saturated carbocycles. The predicted molar refractivity (Wildman–Crippen MR) is 117 cm³/mol. The average molecular weight is 430 g/mol. The lowest BCUT2D eigenvalue weighted by atomic mass is 10.0. The van der Waals surface area contributed by atoms with Gasteiger partial charge in [0.25, 0.3) is 0 Å². The van der Waals surface area contributed by atoms with E-state index >= 15 is 0 Å². The lowest BCUT2D eigenvalue weighted by molar-refractivity contribution is -0.141. The summed E-state index contributed by atoms with van der Waals surface area (Å²) in [5.74, 6) is 2.27. The molecule has 0 saturated heterocycles. The number of alkyl halides is 3. The quantitative estimate of drug-likeness (QED) is 0.393. The summed E-state index contributed by atoms with van der Waals surface area (Å²) < 4.78 is 39.1. The lowest BCUT2D eigenvalue weighted by Gasteiger charge is -2.21. The molecule has 5 nitrogen and oxygen atoms in total. The van der Waals surface area contributed by atoms with Crippen molar-refractivity contribution < 1.29 is 18.0 Å². The van der Waals surface area contributed by atoms with Crippen LogP contribution in [0.15, 0.2) is 30.3 Å². The largest absolute Gasteiger partial charge is 0.433 e. The van der Waals surface area contributed by atoms with Crippen LogP contribution in [0.2, 0.25) is 0 Å². The Bertz CT molecular complexity index is 1020. The fourth-order valence-electron chi connectivity index (χ4n) is 3.00. The van der Waals surface area contributed by atoms with Gasteiger partial charge in [-0.3, -0.25) is 4.79 Å². The molecule has 1 amide bonds. The summed E-state index contributed by atoms with van der Waals surface area (Å²) in [5.41, 5.74) is 8.03. The third-order valence-corrected chi connectivity index (χ3v) is 4.60. The molecule has 0 aliphatic heterocycles. The van der Waals surface area contributed by atoms with Gasteiger partial charge in [0.05, 0.1) is 5.69 Å². The molecule has 2 aromatic rings. The van der Waals surface area contributed by atoms with Gasteiger partial charge >= 0.3 is 6.18 Å². The van der Waals surface area contributed by atoms with E-state index < -0.39 is 17.8 Å². The number of nitrogen functional groups attached to an aromatic ring is 1.